The van der Waals surface area contributed by atoms with Crippen LogP contribution in [-0.2, 0) is 17.1 Å². The summed E-state index contributed by atoms with van der Waals surface area (Å²) in [7, 11) is 0. The minimum atomic E-state index is -0.0565. The Labute approximate surface area is 158 Å². The van der Waals surface area contributed by atoms with E-state index in [9.17, 15) is 5.11 Å². The van der Waals surface area contributed by atoms with E-state index in [-0.39, 0.29) is 22.8 Å². The molecule has 0 bridgehead atoms. The number of benzene rings is 1. The molecule has 0 fully saturated rings. The van der Waals surface area contributed by atoms with E-state index >= 15 is 0 Å². The van der Waals surface area contributed by atoms with Crippen molar-refractivity contribution in [2.75, 3.05) is 6.61 Å². The van der Waals surface area contributed by atoms with Crippen LogP contribution in [0.2, 0.25) is 0 Å². The molecule has 1 aliphatic carbocycles. The fourth-order valence-electron chi connectivity index (χ4n) is 2.39. The molecule has 1 aliphatic heterocycles. The van der Waals surface area contributed by atoms with Gasteiger partial charge in [-0.1, -0.05) is 30.1 Å². The van der Waals surface area contributed by atoms with E-state index in [0.29, 0.717) is 29.4 Å². The molecule has 0 N–H and O–H groups in total. The van der Waals surface area contributed by atoms with Crippen LogP contribution in [0, 0.1) is 0 Å². The average molecular weight is 374 g/mol. The summed E-state index contributed by atoms with van der Waals surface area (Å²) in [6.45, 7) is 2.48. The van der Waals surface area contributed by atoms with E-state index in [1.165, 1.54) is 6.08 Å². The molecule has 0 aromatic heterocycles. The summed E-state index contributed by atoms with van der Waals surface area (Å²) >= 11 is 0. The Kier molecular flexibility index (Phi) is 6.81. The van der Waals surface area contributed by atoms with E-state index in [0.717, 1.165) is 5.57 Å². The Morgan fingerprint density at radius 2 is 1.84 bits per heavy atom. The van der Waals surface area contributed by atoms with Crippen molar-refractivity contribution < 1.29 is 31.6 Å². The summed E-state index contributed by atoms with van der Waals surface area (Å²) in [6.07, 6.45) is 9.18. The van der Waals surface area contributed by atoms with Gasteiger partial charge in [-0.25, -0.2) is 12.1 Å². The molecule has 128 valence electrons. The van der Waals surface area contributed by atoms with Crippen molar-refractivity contribution in [2.24, 2.45) is 0 Å². The molecule has 1 heterocycles. The Morgan fingerprint density at radius 3 is 2.44 bits per heavy atom. The average Bonchev–Trinajstić information content (AvgIpc) is 3.32. The van der Waals surface area contributed by atoms with E-state index in [2.05, 4.69) is 0 Å². The predicted molar refractivity (Wildman–Crippen MR) is 93.6 cm³/mol. The molecular weight excluding hydrogens is 356 g/mol. The number of hydrogen-bond acceptors (Lipinski definition) is 3. The molecule has 25 heavy (non-hydrogen) atoms. The van der Waals surface area contributed by atoms with Crippen LogP contribution >= 0.6 is 0 Å². The van der Waals surface area contributed by atoms with Crippen molar-refractivity contribution in [3.8, 4) is 11.5 Å². The van der Waals surface area contributed by atoms with E-state index in [4.69, 9.17) is 9.47 Å². The molecule has 0 atom stereocenters. The molecule has 2 aromatic rings. The first-order chi connectivity index (χ1) is 11.8. The van der Waals surface area contributed by atoms with Gasteiger partial charge in [0.05, 0.1) is 6.61 Å². The van der Waals surface area contributed by atoms with Crippen LogP contribution in [0.5, 0.6) is 11.5 Å². The zero-order chi connectivity index (χ0) is 16.8. The molecule has 0 saturated heterocycles. The van der Waals surface area contributed by atoms with Crippen LogP contribution in [0.1, 0.15) is 12.5 Å². The van der Waals surface area contributed by atoms with Crippen LogP contribution in [0.3, 0.4) is 0 Å². The van der Waals surface area contributed by atoms with Crippen LogP contribution < -0.4 is 14.6 Å². The second-order valence-corrected chi connectivity index (χ2v) is 5.20. The topological polar surface area (TPSA) is 41.5 Å². The van der Waals surface area contributed by atoms with Gasteiger partial charge in [-0.2, -0.15) is 18.2 Å². The van der Waals surface area contributed by atoms with Crippen molar-refractivity contribution in [3.05, 3.63) is 95.8 Å². The van der Waals surface area contributed by atoms with Gasteiger partial charge in [-0.15, -0.1) is 0 Å². The number of ether oxygens (including phenoxy) is 2. The monoisotopic (exact) mass is 374 g/mol. The molecular formula is C21H18FeO3. The normalized spacial score (nSPS) is 13.9. The molecule has 0 amide bonds. The quantitative estimate of drug-likeness (QED) is 0.590. The number of rotatable bonds is 2. The largest absolute Gasteiger partial charge is 2.00 e. The third-order valence-electron chi connectivity index (χ3n) is 3.51. The summed E-state index contributed by atoms with van der Waals surface area (Å²) < 4.78 is 11.2. The van der Waals surface area contributed by atoms with Crippen LogP contribution in [0.15, 0.2) is 90.2 Å². The van der Waals surface area contributed by atoms with Gasteiger partial charge < -0.3 is 14.6 Å². The van der Waals surface area contributed by atoms with Gasteiger partial charge in [0.15, 0.2) is 0 Å². The van der Waals surface area contributed by atoms with Crippen molar-refractivity contribution in [3.63, 3.8) is 0 Å². The van der Waals surface area contributed by atoms with Gasteiger partial charge in [-0.05, 0) is 31.2 Å². The molecule has 4 heteroatoms. The van der Waals surface area contributed by atoms with Crippen molar-refractivity contribution in [1.82, 2.24) is 0 Å². The number of hydrogen-bond donors (Lipinski definition) is 0. The van der Waals surface area contributed by atoms with Gasteiger partial charge in [0.1, 0.15) is 17.3 Å². The van der Waals surface area contributed by atoms with Gasteiger partial charge in [0.25, 0.3) is 0 Å². The molecule has 0 saturated carbocycles. The summed E-state index contributed by atoms with van der Waals surface area (Å²) in [5.74, 6) is 1.79. The maximum Gasteiger partial charge on any atom is 2.00 e. The Morgan fingerprint density at radius 1 is 1.12 bits per heavy atom. The molecule has 2 aliphatic rings. The minimum absolute atomic E-state index is 0. The fraction of sp³-hybridized carbons (Fsp3) is 0.0952. The second kappa shape index (κ2) is 9.07. The zero-order valence-corrected chi connectivity index (χ0v) is 14.9. The first-order valence-electron chi connectivity index (χ1n) is 7.87. The summed E-state index contributed by atoms with van der Waals surface area (Å²) in [5, 5.41) is 12.1. The Hall–Kier alpha value is -2.55. The van der Waals surface area contributed by atoms with E-state index in [1.807, 2.05) is 67.6 Å². The molecule has 0 radical (unpaired) electrons. The van der Waals surface area contributed by atoms with Gasteiger partial charge in [-0.3, -0.25) is 0 Å². The van der Waals surface area contributed by atoms with Crippen molar-refractivity contribution in [2.45, 2.75) is 6.92 Å². The van der Waals surface area contributed by atoms with Crippen LogP contribution in [-0.4, -0.2) is 6.61 Å². The SMILES string of the molecule is CCOc1ccc2c(c1)C([O-])=CC(=C1C=CC=C1)O2.[Fe+2].c1cc[cH-]c1. The zero-order valence-electron chi connectivity index (χ0n) is 13.8. The molecule has 0 unspecified atom stereocenters. The second-order valence-electron chi connectivity index (χ2n) is 5.20. The Bertz CT molecular complexity index is 780. The maximum atomic E-state index is 12.1. The predicted octanol–water partition coefficient (Wildman–Crippen LogP) is 3.96. The first kappa shape index (κ1) is 18.8. The molecule has 4 rings (SSSR count). The summed E-state index contributed by atoms with van der Waals surface area (Å²) in [5.41, 5.74) is 1.45. The third-order valence-corrected chi connectivity index (χ3v) is 3.51. The van der Waals surface area contributed by atoms with E-state index < -0.39 is 0 Å². The van der Waals surface area contributed by atoms with Crippen LogP contribution in [0.25, 0.3) is 5.76 Å². The molecule has 2 aromatic carbocycles. The third kappa shape index (κ3) is 4.72. The molecule has 0 spiro atoms. The number of allylic oxidation sites excluding steroid dienone is 6. The first-order valence-corrected chi connectivity index (χ1v) is 7.87. The van der Waals surface area contributed by atoms with Gasteiger partial charge in [0, 0.05) is 11.1 Å². The van der Waals surface area contributed by atoms with Crippen molar-refractivity contribution in [1.29, 1.82) is 0 Å². The van der Waals surface area contributed by atoms with Crippen LogP contribution in [0.4, 0.5) is 0 Å². The van der Waals surface area contributed by atoms with E-state index in [1.54, 1.807) is 12.1 Å². The summed E-state index contributed by atoms with van der Waals surface area (Å²) in [4.78, 5) is 0. The maximum absolute atomic E-state index is 12.1. The fourth-order valence-corrected chi connectivity index (χ4v) is 2.39. The van der Waals surface area contributed by atoms with Crippen molar-refractivity contribution >= 4 is 5.76 Å². The summed E-state index contributed by atoms with van der Waals surface area (Å²) in [6, 6.07) is 15.3. The minimum Gasteiger partial charge on any atom is -0.872 e. The Balaban J connectivity index is 0.000000325. The number of fused-ring (bicyclic) bond motifs is 1. The molecule has 3 nitrogen and oxygen atoms in total. The van der Waals surface area contributed by atoms with Gasteiger partial charge in [0.2, 0.25) is 0 Å². The smallest absolute Gasteiger partial charge is 0.872 e. The van der Waals surface area contributed by atoms with Gasteiger partial charge >= 0.3 is 17.1 Å². The standard InChI is InChI=1S/C16H14O3.C5H5.Fe/c1-2-18-12-7-8-15-13(9-12)14(17)10-16(19-15)11-5-3-4-6-11;1-2-4-5-3-1;/h3-10,17H,2H2,1H3;1-5H;/q;-1;+2/p-1.